The van der Waals surface area contributed by atoms with E-state index in [-0.39, 0.29) is 17.4 Å². The SMILES string of the molecule is CCCCCCCCc1cccc(NC(=O)C=Cc2ccc(O)c(O)c2)c1. The van der Waals surface area contributed by atoms with E-state index in [1.807, 2.05) is 18.2 Å². The number of phenols is 2. The lowest BCUT2D eigenvalue weighted by molar-refractivity contribution is -0.111. The number of hydrogen-bond acceptors (Lipinski definition) is 3. The molecule has 0 unspecified atom stereocenters. The third-order valence-corrected chi connectivity index (χ3v) is 4.44. The maximum atomic E-state index is 12.1. The zero-order chi connectivity index (χ0) is 19.5. The van der Waals surface area contributed by atoms with Crippen LogP contribution in [0.5, 0.6) is 11.5 Å². The van der Waals surface area contributed by atoms with Crippen LogP contribution in [0.4, 0.5) is 5.69 Å². The lowest BCUT2D eigenvalue weighted by Crippen LogP contribution is -2.07. The summed E-state index contributed by atoms with van der Waals surface area (Å²) in [5, 5.41) is 21.6. The summed E-state index contributed by atoms with van der Waals surface area (Å²) in [6.45, 7) is 2.23. The Hall–Kier alpha value is -2.75. The van der Waals surface area contributed by atoms with Gasteiger partial charge in [0.05, 0.1) is 0 Å². The van der Waals surface area contributed by atoms with E-state index in [1.165, 1.54) is 62.3 Å². The Morgan fingerprint density at radius 3 is 2.52 bits per heavy atom. The van der Waals surface area contributed by atoms with Gasteiger partial charge in [-0.15, -0.1) is 0 Å². The number of phenolic OH excluding ortho intramolecular Hbond substituents is 2. The first-order chi connectivity index (χ1) is 13.1. The van der Waals surface area contributed by atoms with E-state index in [1.54, 1.807) is 12.1 Å². The number of aryl methyl sites for hydroxylation is 1. The predicted octanol–water partition coefficient (Wildman–Crippen LogP) is 5.65. The molecule has 0 aliphatic carbocycles. The second kappa shape index (κ2) is 11.1. The number of amides is 1. The molecule has 0 radical (unpaired) electrons. The van der Waals surface area contributed by atoms with Crippen LogP contribution in [0.25, 0.3) is 6.08 Å². The molecule has 2 aromatic rings. The third-order valence-electron chi connectivity index (χ3n) is 4.44. The zero-order valence-corrected chi connectivity index (χ0v) is 15.9. The smallest absolute Gasteiger partial charge is 0.248 e. The van der Waals surface area contributed by atoms with E-state index in [0.29, 0.717) is 5.56 Å². The number of carbonyl (C=O) groups is 1. The van der Waals surface area contributed by atoms with Crippen LogP contribution in [0.3, 0.4) is 0 Å². The molecule has 0 saturated carbocycles. The number of unbranched alkanes of at least 4 members (excludes halogenated alkanes) is 5. The van der Waals surface area contributed by atoms with E-state index in [9.17, 15) is 15.0 Å². The molecule has 27 heavy (non-hydrogen) atoms. The lowest BCUT2D eigenvalue weighted by atomic mass is 10.0. The molecule has 0 fully saturated rings. The summed E-state index contributed by atoms with van der Waals surface area (Å²) in [5.74, 6) is -0.627. The first kappa shape index (κ1) is 20.6. The Morgan fingerprint density at radius 1 is 0.963 bits per heavy atom. The number of carbonyl (C=O) groups excluding carboxylic acids is 1. The molecule has 0 atom stereocenters. The van der Waals surface area contributed by atoms with Gasteiger partial charge in [0.2, 0.25) is 5.91 Å². The molecule has 4 heteroatoms. The fourth-order valence-electron chi connectivity index (χ4n) is 2.91. The van der Waals surface area contributed by atoms with Crippen molar-refractivity contribution in [1.29, 1.82) is 0 Å². The maximum Gasteiger partial charge on any atom is 0.248 e. The molecule has 144 valence electrons. The fourth-order valence-corrected chi connectivity index (χ4v) is 2.91. The van der Waals surface area contributed by atoms with E-state index in [2.05, 4.69) is 18.3 Å². The molecule has 0 spiro atoms. The summed E-state index contributed by atoms with van der Waals surface area (Å²) >= 11 is 0. The first-order valence-corrected chi connectivity index (χ1v) is 9.68. The zero-order valence-electron chi connectivity index (χ0n) is 15.9. The molecule has 2 rings (SSSR count). The minimum atomic E-state index is -0.237. The quantitative estimate of drug-likeness (QED) is 0.289. The number of anilines is 1. The van der Waals surface area contributed by atoms with E-state index in [0.717, 1.165) is 12.1 Å². The standard InChI is InChI=1S/C23H29NO3/c1-2-3-4-5-6-7-9-18-10-8-11-20(16-18)24-23(27)15-13-19-12-14-21(25)22(26)17-19/h8,10-17,25-26H,2-7,9H2,1H3,(H,24,27). The second-order valence-corrected chi connectivity index (χ2v) is 6.79. The van der Waals surface area contributed by atoms with Crippen LogP contribution in [0.1, 0.15) is 56.6 Å². The van der Waals surface area contributed by atoms with Gasteiger partial charge in [0.1, 0.15) is 0 Å². The van der Waals surface area contributed by atoms with Crippen molar-refractivity contribution in [3.63, 3.8) is 0 Å². The summed E-state index contributed by atoms with van der Waals surface area (Å²) in [4.78, 5) is 12.1. The molecule has 0 aliphatic rings. The Bertz CT molecular complexity index is 768. The highest BCUT2D eigenvalue weighted by atomic mass is 16.3. The predicted molar refractivity (Wildman–Crippen MR) is 111 cm³/mol. The Morgan fingerprint density at radius 2 is 1.74 bits per heavy atom. The molecule has 0 heterocycles. The molecule has 3 N–H and O–H groups in total. The summed E-state index contributed by atoms with van der Waals surface area (Å²) in [6, 6.07) is 12.4. The van der Waals surface area contributed by atoms with Crippen molar-refractivity contribution < 1.29 is 15.0 Å². The van der Waals surface area contributed by atoms with Crippen LogP contribution >= 0.6 is 0 Å². The van der Waals surface area contributed by atoms with Crippen LogP contribution in [0.2, 0.25) is 0 Å². The Kier molecular flexibility index (Phi) is 8.43. The summed E-state index contributed by atoms with van der Waals surface area (Å²) < 4.78 is 0. The average molecular weight is 367 g/mol. The maximum absolute atomic E-state index is 12.1. The van der Waals surface area contributed by atoms with Crippen LogP contribution in [-0.2, 0) is 11.2 Å². The molecule has 0 aliphatic heterocycles. The van der Waals surface area contributed by atoms with Crippen LogP contribution < -0.4 is 5.32 Å². The second-order valence-electron chi connectivity index (χ2n) is 6.79. The van der Waals surface area contributed by atoms with Crippen molar-refractivity contribution in [2.24, 2.45) is 0 Å². The summed E-state index contributed by atoms with van der Waals surface area (Å²) in [7, 11) is 0. The molecular weight excluding hydrogens is 338 g/mol. The molecule has 2 aromatic carbocycles. The largest absolute Gasteiger partial charge is 0.504 e. The van der Waals surface area contributed by atoms with Gasteiger partial charge in [0.15, 0.2) is 11.5 Å². The number of benzene rings is 2. The first-order valence-electron chi connectivity index (χ1n) is 9.68. The molecule has 0 saturated heterocycles. The number of hydrogen-bond donors (Lipinski definition) is 3. The highest BCUT2D eigenvalue weighted by Gasteiger charge is 2.02. The number of nitrogens with one attached hydrogen (secondary N) is 1. The van der Waals surface area contributed by atoms with Gasteiger partial charge in [-0.1, -0.05) is 57.2 Å². The van der Waals surface area contributed by atoms with Crippen molar-refractivity contribution in [2.75, 3.05) is 5.32 Å². The average Bonchev–Trinajstić information content (AvgIpc) is 2.66. The Labute approximate surface area is 161 Å². The highest BCUT2D eigenvalue weighted by Crippen LogP contribution is 2.25. The van der Waals surface area contributed by atoms with Gasteiger partial charge in [-0.2, -0.15) is 0 Å². The van der Waals surface area contributed by atoms with E-state index in [4.69, 9.17) is 0 Å². The van der Waals surface area contributed by atoms with Crippen molar-refractivity contribution in [2.45, 2.75) is 51.9 Å². The molecule has 1 amide bonds. The van der Waals surface area contributed by atoms with E-state index < -0.39 is 0 Å². The van der Waals surface area contributed by atoms with Crippen LogP contribution in [0, 0.1) is 0 Å². The summed E-state index contributed by atoms with van der Waals surface area (Å²) in [6.07, 6.45) is 11.6. The van der Waals surface area contributed by atoms with Crippen LogP contribution in [-0.4, -0.2) is 16.1 Å². The van der Waals surface area contributed by atoms with Gasteiger partial charge < -0.3 is 15.5 Å². The minimum Gasteiger partial charge on any atom is -0.504 e. The lowest BCUT2D eigenvalue weighted by Gasteiger charge is -2.06. The van der Waals surface area contributed by atoms with Crippen molar-refractivity contribution >= 4 is 17.7 Å². The van der Waals surface area contributed by atoms with E-state index >= 15 is 0 Å². The van der Waals surface area contributed by atoms with Gasteiger partial charge in [0.25, 0.3) is 0 Å². The minimum absolute atomic E-state index is 0.182. The fraction of sp³-hybridized carbons (Fsp3) is 0.348. The van der Waals surface area contributed by atoms with Gasteiger partial charge >= 0.3 is 0 Å². The molecule has 0 aromatic heterocycles. The molecule has 4 nitrogen and oxygen atoms in total. The van der Waals surface area contributed by atoms with Crippen molar-refractivity contribution in [3.8, 4) is 11.5 Å². The van der Waals surface area contributed by atoms with Gasteiger partial charge in [0, 0.05) is 11.8 Å². The van der Waals surface area contributed by atoms with Crippen molar-refractivity contribution in [1.82, 2.24) is 0 Å². The normalized spacial score (nSPS) is 11.0. The monoisotopic (exact) mass is 367 g/mol. The van der Waals surface area contributed by atoms with Gasteiger partial charge in [-0.05, 0) is 54.3 Å². The Balaban J connectivity index is 1.82. The van der Waals surface area contributed by atoms with Gasteiger partial charge in [-0.3, -0.25) is 4.79 Å². The van der Waals surface area contributed by atoms with Crippen molar-refractivity contribution in [3.05, 3.63) is 59.7 Å². The number of aromatic hydroxyl groups is 2. The number of rotatable bonds is 10. The molecular formula is C23H29NO3. The van der Waals surface area contributed by atoms with Crippen LogP contribution in [0.15, 0.2) is 48.5 Å². The topological polar surface area (TPSA) is 69.6 Å². The van der Waals surface area contributed by atoms with Gasteiger partial charge in [-0.25, -0.2) is 0 Å². The molecule has 0 bridgehead atoms. The highest BCUT2D eigenvalue weighted by molar-refractivity contribution is 6.02. The summed E-state index contributed by atoms with van der Waals surface area (Å²) in [5.41, 5.74) is 2.65. The third kappa shape index (κ3) is 7.57.